The summed E-state index contributed by atoms with van der Waals surface area (Å²) in [5.74, 6) is -0.983. The largest absolute Gasteiger partial charge is 0.466 e. The molecule has 2 saturated heterocycles. The van der Waals surface area contributed by atoms with E-state index in [2.05, 4.69) is 0 Å². The first-order valence-corrected chi connectivity index (χ1v) is 15.5. The third-order valence-corrected chi connectivity index (χ3v) is 10.00. The Kier molecular flexibility index (Phi) is 9.23. The van der Waals surface area contributed by atoms with Crippen molar-refractivity contribution in [3.8, 4) is 6.07 Å². The molecule has 11 heteroatoms. The Morgan fingerprint density at radius 1 is 1.05 bits per heavy atom. The van der Waals surface area contributed by atoms with Crippen molar-refractivity contribution in [2.75, 3.05) is 32.8 Å². The van der Waals surface area contributed by atoms with Crippen LogP contribution in [-0.2, 0) is 30.5 Å². The van der Waals surface area contributed by atoms with Crippen LogP contribution in [0, 0.1) is 22.7 Å². The van der Waals surface area contributed by atoms with Gasteiger partial charge in [0.25, 0.3) is 0 Å². The summed E-state index contributed by atoms with van der Waals surface area (Å²) in [6.45, 7) is 2.62. The van der Waals surface area contributed by atoms with E-state index in [1.165, 1.54) is 9.80 Å². The number of ether oxygens (including phenoxy) is 2. The van der Waals surface area contributed by atoms with Crippen LogP contribution in [0.4, 0.5) is 9.18 Å². The van der Waals surface area contributed by atoms with Crippen molar-refractivity contribution < 1.29 is 33.0 Å². The Bertz CT molecular complexity index is 1230. The van der Waals surface area contributed by atoms with Crippen molar-refractivity contribution in [1.82, 2.24) is 14.7 Å². The van der Waals surface area contributed by atoms with Crippen molar-refractivity contribution in [3.05, 3.63) is 35.9 Å². The molecule has 3 amide bonds. The van der Waals surface area contributed by atoms with Gasteiger partial charge in [0, 0.05) is 30.5 Å². The summed E-state index contributed by atoms with van der Waals surface area (Å²) in [6, 6.07) is 10.4. The Morgan fingerprint density at radius 2 is 1.74 bits per heavy atom. The number of carbonyl (C=O) groups is 4. The van der Waals surface area contributed by atoms with Crippen LogP contribution in [0.3, 0.4) is 0 Å². The normalized spacial score (nSPS) is 29.9. The molecule has 0 radical (unpaired) electrons. The van der Waals surface area contributed by atoms with Crippen molar-refractivity contribution >= 4 is 23.9 Å². The highest BCUT2D eigenvalue weighted by atomic mass is 19.1. The minimum Gasteiger partial charge on any atom is -0.466 e. The van der Waals surface area contributed by atoms with E-state index in [9.17, 15) is 28.8 Å². The number of rotatable bonds is 8. The lowest BCUT2D eigenvalue weighted by atomic mass is 9.56. The van der Waals surface area contributed by atoms with Gasteiger partial charge in [-0.05, 0) is 63.9 Å². The number of nitriles is 1. The van der Waals surface area contributed by atoms with E-state index in [-0.39, 0.29) is 43.9 Å². The van der Waals surface area contributed by atoms with E-state index < -0.39 is 35.2 Å². The quantitative estimate of drug-likeness (QED) is 0.416. The zero-order valence-corrected chi connectivity index (χ0v) is 24.8. The maximum Gasteiger partial charge on any atom is 0.411 e. The Balaban J connectivity index is 1.30. The van der Waals surface area contributed by atoms with Gasteiger partial charge in [0.2, 0.25) is 11.8 Å². The summed E-state index contributed by atoms with van der Waals surface area (Å²) in [6.07, 6.45) is 2.75. The summed E-state index contributed by atoms with van der Waals surface area (Å²) >= 11 is 0. The van der Waals surface area contributed by atoms with Crippen LogP contribution in [-0.4, -0.2) is 89.1 Å². The molecule has 2 bridgehead atoms. The average Bonchev–Trinajstić information content (AvgIpc) is 3.44. The molecule has 0 aromatic heterocycles. The fourth-order valence-electron chi connectivity index (χ4n) is 7.47. The monoisotopic (exact) mass is 596 g/mol. The van der Waals surface area contributed by atoms with Gasteiger partial charge in [0.1, 0.15) is 25.4 Å². The number of hydrogen-bond acceptors (Lipinski definition) is 7. The van der Waals surface area contributed by atoms with Gasteiger partial charge in [-0.15, -0.1) is 0 Å². The number of carbonyl (C=O) groups excluding carboxylic acids is 4. The van der Waals surface area contributed by atoms with Crippen LogP contribution < -0.4 is 0 Å². The Morgan fingerprint density at radius 3 is 2.40 bits per heavy atom. The number of alkyl halides is 1. The molecule has 3 saturated carbocycles. The Hall–Kier alpha value is -3.68. The van der Waals surface area contributed by atoms with Gasteiger partial charge in [-0.1, -0.05) is 30.3 Å². The molecule has 2 aliphatic heterocycles. The lowest BCUT2D eigenvalue weighted by Gasteiger charge is -2.57. The minimum absolute atomic E-state index is 0.0377. The molecule has 5 aliphatic rings. The number of benzene rings is 1. The first kappa shape index (κ1) is 30.8. The minimum atomic E-state index is -1.28. The van der Waals surface area contributed by atoms with E-state index in [4.69, 9.17) is 9.47 Å². The molecule has 1 unspecified atom stereocenters. The van der Waals surface area contributed by atoms with Crippen LogP contribution in [0.15, 0.2) is 30.3 Å². The van der Waals surface area contributed by atoms with E-state index >= 15 is 0 Å². The summed E-state index contributed by atoms with van der Waals surface area (Å²) < 4.78 is 25.1. The average molecular weight is 597 g/mol. The van der Waals surface area contributed by atoms with Gasteiger partial charge in [-0.3, -0.25) is 19.3 Å². The third-order valence-electron chi connectivity index (χ3n) is 10.00. The van der Waals surface area contributed by atoms with Crippen LogP contribution in [0.5, 0.6) is 0 Å². The molecule has 3 atom stereocenters. The molecule has 0 spiro atoms. The van der Waals surface area contributed by atoms with Crippen LogP contribution in [0.2, 0.25) is 0 Å². The molecule has 5 fully saturated rings. The Labute approximate surface area is 252 Å². The van der Waals surface area contributed by atoms with Crippen LogP contribution in [0.25, 0.3) is 0 Å². The van der Waals surface area contributed by atoms with E-state index in [0.717, 1.165) is 12.0 Å². The summed E-state index contributed by atoms with van der Waals surface area (Å²) in [7, 11) is 0. The number of likely N-dealkylation sites (tertiary alicyclic amines) is 2. The lowest BCUT2D eigenvalue weighted by Crippen LogP contribution is -2.63. The molecule has 1 aromatic rings. The van der Waals surface area contributed by atoms with Crippen molar-refractivity contribution in [1.29, 1.82) is 5.26 Å². The second-order valence-corrected chi connectivity index (χ2v) is 12.5. The van der Waals surface area contributed by atoms with E-state index in [1.807, 2.05) is 41.3 Å². The maximum atomic E-state index is 14.1. The number of nitrogens with zero attached hydrogens (tertiary/aromatic N) is 4. The number of piperidine rings is 1. The first-order valence-electron chi connectivity index (χ1n) is 15.5. The van der Waals surface area contributed by atoms with Gasteiger partial charge in [-0.25, -0.2) is 9.18 Å². The maximum absolute atomic E-state index is 14.1. The van der Waals surface area contributed by atoms with Gasteiger partial charge in [-0.2, -0.15) is 5.26 Å². The molecule has 10 nitrogen and oxygen atoms in total. The zero-order chi connectivity index (χ0) is 30.6. The molecule has 232 valence electrons. The fourth-order valence-corrected chi connectivity index (χ4v) is 7.47. The third kappa shape index (κ3) is 6.34. The molecule has 1 aromatic carbocycles. The topological polar surface area (TPSA) is 120 Å². The summed E-state index contributed by atoms with van der Waals surface area (Å²) in [4.78, 5) is 57.9. The van der Waals surface area contributed by atoms with E-state index in [0.29, 0.717) is 64.6 Å². The highest BCUT2D eigenvalue weighted by Crippen LogP contribution is 2.56. The van der Waals surface area contributed by atoms with Crippen LogP contribution in [0.1, 0.15) is 70.3 Å². The second-order valence-electron chi connectivity index (χ2n) is 12.5. The first-order chi connectivity index (χ1) is 20.7. The number of amides is 3. The highest BCUT2D eigenvalue weighted by Gasteiger charge is 2.57. The van der Waals surface area contributed by atoms with Crippen molar-refractivity contribution in [2.24, 2.45) is 11.3 Å². The molecule has 6 rings (SSSR count). The molecular weight excluding hydrogens is 555 g/mol. The molecule has 2 heterocycles. The SMILES string of the molecule is CCOC(=O)C1CCCN(C(=O)C23CCC(N(CC(=O)N4C[C@H](F)C[C@@H]4C#N)C(=O)OCc4ccccc4)(CC2)CC3)C1. The molecular formula is C32H41FN4O6. The lowest BCUT2D eigenvalue weighted by molar-refractivity contribution is -0.159. The van der Waals surface area contributed by atoms with Crippen LogP contribution >= 0.6 is 0 Å². The fraction of sp³-hybridized carbons (Fsp3) is 0.656. The van der Waals surface area contributed by atoms with Gasteiger partial charge >= 0.3 is 12.1 Å². The second kappa shape index (κ2) is 12.9. The summed E-state index contributed by atoms with van der Waals surface area (Å²) in [5.41, 5.74) is -0.439. The number of hydrogen-bond donors (Lipinski definition) is 0. The molecule has 0 N–H and O–H groups in total. The summed E-state index contributed by atoms with van der Waals surface area (Å²) in [5, 5.41) is 9.49. The zero-order valence-electron chi connectivity index (χ0n) is 24.8. The molecule has 43 heavy (non-hydrogen) atoms. The predicted molar refractivity (Wildman–Crippen MR) is 153 cm³/mol. The molecule has 3 aliphatic carbocycles. The van der Waals surface area contributed by atoms with Gasteiger partial charge in [0.15, 0.2) is 0 Å². The van der Waals surface area contributed by atoms with Crippen molar-refractivity contribution in [3.63, 3.8) is 0 Å². The standard InChI is InChI=1S/C32H41FN4O6/c1-2-42-28(39)24-9-6-16-35(19-24)29(40)31-10-13-32(14-11-31,15-12-31)37(30(41)43-22-23-7-4-3-5-8-23)21-27(38)36-20-25(33)17-26(36)18-34/h3-5,7-8,24-26H,2,6,9-17,19-22H2,1H3/t24?,25-,26-,31?,32?/m1/s1. The van der Waals surface area contributed by atoms with Crippen molar-refractivity contribution in [2.45, 2.75) is 89.1 Å². The van der Waals surface area contributed by atoms with E-state index in [1.54, 1.807) is 6.92 Å². The number of esters is 1. The number of fused-ring (bicyclic) bond motifs is 3. The smallest absolute Gasteiger partial charge is 0.411 e. The van der Waals surface area contributed by atoms with Gasteiger partial charge < -0.3 is 19.3 Å². The number of halogens is 1. The highest BCUT2D eigenvalue weighted by molar-refractivity contribution is 5.85. The van der Waals surface area contributed by atoms with Gasteiger partial charge in [0.05, 0.1) is 25.1 Å². The predicted octanol–water partition coefficient (Wildman–Crippen LogP) is 3.98.